The van der Waals surface area contributed by atoms with E-state index in [4.69, 9.17) is 0 Å². The standard InChI is InChI=1S/C17H15F2N3O4S/c1-17(25,9-22-6-4-12-11(14(22)23)5-7-27-12)15(24)21-10-2-3-13(20-8-10)26-16(18)19/h2-8,16,25H,9H2,1H3,(H,21,24). The number of nitrogens with zero attached hydrogens (tertiary/aromatic N) is 2. The van der Waals surface area contributed by atoms with Crippen molar-refractivity contribution in [2.45, 2.75) is 25.7 Å². The van der Waals surface area contributed by atoms with Crippen molar-refractivity contribution in [3.05, 3.63) is 52.4 Å². The number of rotatable bonds is 6. The van der Waals surface area contributed by atoms with Gasteiger partial charge in [0.15, 0.2) is 5.60 Å². The van der Waals surface area contributed by atoms with E-state index in [2.05, 4.69) is 15.0 Å². The molecule has 3 heterocycles. The normalized spacial score (nSPS) is 13.5. The number of aromatic nitrogens is 2. The number of carbonyl (C=O) groups excluding carboxylic acids is 1. The van der Waals surface area contributed by atoms with Gasteiger partial charge in [0.1, 0.15) is 0 Å². The van der Waals surface area contributed by atoms with Gasteiger partial charge in [-0.1, -0.05) is 0 Å². The number of carbonyl (C=O) groups is 1. The number of halogens is 2. The molecular weight excluding hydrogens is 380 g/mol. The smallest absolute Gasteiger partial charge is 0.388 e. The quantitative estimate of drug-likeness (QED) is 0.669. The van der Waals surface area contributed by atoms with Crippen molar-refractivity contribution in [1.82, 2.24) is 9.55 Å². The SMILES string of the molecule is CC(O)(Cn1ccc2sccc2c1=O)C(=O)Nc1ccc(OC(F)F)nc1. The summed E-state index contributed by atoms with van der Waals surface area (Å²) in [5.41, 5.74) is -2.02. The van der Waals surface area contributed by atoms with Gasteiger partial charge in [-0.15, -0.1) is 11.3 Å². The number of aliphatic hydroxyl groups is 1. The number of hydrogen-bond donors (Lipinski definition) is 2. The molecule has 0 aliphatic carbocycles. The summed E-state index contributed by atoms with van der Waals surface area (Å²) >= 11 is 1.42. The van der Waals surface area contributed by atoms with Gasteiger partial charge in [0.25, 0.3) is 11.5 Å². The average Bonchev–Trinajstić information content (AvgIpc) is 3.08. The lowest BCUT2D eigenvalue weighted by molar-refractivity contribution is -0.133. The lowest BCUT2D eigenvalue weighted by atomic mass is 10.1. The van der Waals surface area contributed by atoms with E-state index >= 15 is 0 Å². The maximum absolute atomic E-state index is 12.4. The molecule has 0 radical (unpaired) electrons. The van der Waals surface area contributed by atoms with Crippen LogP contribution in [0.3, 0.4) is 0 Å². The average molecular weight is 395 g/mol. The summed E-state index contributed by atoms with van der Waals surface area (Å²) in [6, 6.07) is 5.89. The zero-order valence-electron chi connectivity index (χ0n) is 14.1. The highest BCUT2D eigenvalue weighted by atomic mass is 32.1. The highest BCUT2D eigenvalue weighted by Crippen LogP contribution is 2.19. The van der Waals surface area contributed by atoms with Crippen LogP contribution in [0.15, 0.2) is 46.8 Å². The van der Waals surface area contributed by atoms with E-state index < -0.39 is 18.1 Å². The highest BCUT2D eigenvalue weighted by molar-refractivity contribution is 7.17. The van der Waals surface area contributed by atoms with Crippen LogP contribution >= 0.6 is 11.3 Å². The van der Waals surface area contributed by atoms with Crippen LogP contribution in [0.1, 0.15) is 6.92 Å². The van der Waals surface area contributed by atoms with Gasteiger partial charge in [0.05, 0.1) is 23.8 Å². The minimum atomic E-state index is -3.00. The Balaban J connectivity index is 1.72. The van der Waals surface area contributed by atoms with E-state index in [0.29, 0.717) is 5.39 Å². The Bertz CT molecular complexity index is 1010. The van der Waals surface area contributed by atoms with E-state index in [0.717, 1.165) is 17.0 Å². The van der Waals surface area contributed by atoms with E-state index in [1.165, 1.54) is 35.1 Å². The Labute approximate surface area is 155 Å². The Morgan fingerprint density at radius 3 is 2.85 bits per heavy atom. The molecule has 142 valence electrons. The zero-order valence-corrected chi connectivity index (χ0v) is 14.9. The molecule has 27 heavy (non-hydrogen) atoms. The number of ether oxygens (including phenoxy) is 1. The maximum Gasteiger partial charge on any atom is 0.388 e. The van der Waals surface area contributed by atoms with Crippen LogP contribution in [-0.4, -0.2) is 32.8 Å². The summed E-state index contributed by atoms with van der Waals surface area (Å²) in [6.45, 7) is -1.99. The van der Waals surface area contributed by atoms with Crippen molar-refractivity contribution in [2.75, 3.05) is 5.32 Å². The first-order chi connectivity index (χ1) is 12.8. The molecule has 0 spiro atoms. The van der Waals surface area contributed by atoms with Crippen molar-refractivity contribution >= 4 is 33.0 Å². The van der Waals surface area contributed by atoms with Crippen LogP contribution in [0.2, 0.25) is 0 Å². The highest BCUT2D eigenvalue weighted by Gasteiger charge is 2.31. The van der Waals surface area contributed by atoms with Crippen LogP contribution < -0.4 is 15.6 Å². The molecule has 0 bridgehead atoms. The molecule has 1 atom stereocenters. The minimum absolute atomic E-state index is 0.183. The van der Waals surface area contributed by atoms with E-state index in [-0.39, 0.29) is 23.7 Å². The largest absolute Gasteiger partial charge is 0.417 e. The summed E-state index contributed by atoms with van der Waals surface area (Å²) in [5, 5.41) is 15.2. The van der Waals surface area contributed by atoms with Crippen molar-refractivity contribution in [3.8, 4) is 5.88 Å². The molecule has 1 amide bonds. The lowest BCUT2D eigenvalue weighted by Crippen LogP contribution is -2.45. The van der Waals surface area contributed by atoms with E-state index in [1.807, 2.05) is 0 Å². The molecule has 3 rings (SSSR count). The summed E-state index contributed by atoms with van der Waals surface area (Å²) in [4.78, 5) is 28.4. The number of nitrogens with one attached hydrogen (secondary N) is 1. The van der Waals surface area contributed by atoms with Gasteiger partial charge in [-0.3, -0.25) is 9.59 Å². The molecule has 0 saturated heterocycles. The monoisotopic (exact) mass is 395 g/mol. The third-order valence-corrected chi connectivity index (χ3v) is 4.65. The first-order valence-electron chi connectivity index (χ1n) is 7.77. The van der Waals surface area contributed by atoms with Crippen molar-refractivity contribution in [2.24, 2.45) is 0 Å². The molecule has 0 fully saturated rings. The van der Waals surface area contributed by atoms with Gasteiger partial charge in [-0.25, -0.2) is 4.98 Å². The van der Waals surface area contributed by atoms with Crippen LogP contribution in [0.5, 0.6) is 5.88 Å². The fourth-order valence-corrected chi connectivity index (χ4v) is 3.19. The van der Waals surface area contributed by atoms with Gasteiger partial charge >= 0.3 is 6.61 Å². The third-order valence-electron chi connectivity index (χ3n) is 3.76. The molecule has 2 N–H and O–H groups in total. The van der Waals surface area contributed by atoms with Gasteiger partial charge in [-0.2, -0.15) is 8.78 Å². The topological polar surface area (TPSA) is 93.5 Å². The number of amides is 1. The molecule has 7 nitrogen and oxygen atoms in total. The molecule has 0 aliphatic rings. The Hall–Kier alpha value is -2.85. The number of thiophene rings is 1. The first-order valence-corrected chi connectivity index (χ1v) is 8.65. The van der Waals surface area contributed by atoms with Crippen LogP contribution in [-0.2, 0) is 11.3 Å². The summed E-state index contributed by atoms with van der Waals surface area (Å²) in [7, 11) is 0. The molecule has 1 unspecified atom stereocenters. The summed E-state index contributed by atoms with van der Waals surface area (Å²) in [5.74, 6) is -1.07. The second kappa shape index (κ2) is 7.41. The van der Waals surface area contributed by atoms with Gasteiger partial charge in [0, 0.05) is 17.0 Å². The predicted octanol–water partition coefficient (Wildman–Crippen LogP) is 2.45. The fourth-order valence-electron chi connectivity index (χ4n) is 2.42. The van der Waals surface area contributed by atoms with Crippen LogP contribution in [0.25, 0.3) is 10.1 Å². The Morgan fingerprint density at radius 1 is 1.41 bits per heavy atom. The molecule has 0 aliphatic heterocycles. The molecule has 0 saturated carbocycles. The van der Waals surface area contributed by atoms with Crippen molar-refractivity contribution in [1.29, 1.82) is 0 Å². The Kier molecular flexibility index (Phi) is 5.19. The molecular formula is C17H15F2N3O4S. The fraction of sp³-hybridized carbons (Fsp3) is 0.235. The number of pyridine rings is 2. The molecule has 0 aromatic carbocycles. The van der Waals surface area contributed by atoms with Crippen LogP contribution in [0, 0.1) is 0 Å². The minimum Gasteiger partial charge on any atom is -0.417 e. The second-order valence-corrected chi connectivity index (χ2v) is 6.89. The number of hydrogen-bond acceptors (Lipinski definition) is 6. The summed E-state index contributed by atoms with van der Waals surface area (Å²) in [6.07, 6.45) is 2.64. The first kappa shape index (κ1) is 18.9. The van der Waals surface area contributed by atoms with Crippen molar-refractivity contribution < 1.29 is 23.4 Å². The van der Waals surface area contributed by atoms with Gasteiger partial charge in [0.2, 0.25) is 5.88 Å². The number of anilines is 1. The molecule has 10 heteroatoms. The van der Waals surface area contributed by atoms with Crippen molar-refractivity contribution in [3.63, 3.8) is 0 Å². The maximum atomic E-state index is 12.4. The molecule has 3 aromatic heterocycles. The lowest BCUT2D eigenvalue weighted by Gasteiger charge is -2.23. The van der Waals surface area contributed by atoms with E-state index in [1.54, 1.807) is 17.5 Å². The summed E-state index contributed by atoms with van der Waals surface area (Å²) < 4.78 is 30.4. The number of fused-ring (bicyclic) bond motifs is 1. The molecule has 3 aromatic rings. The number of alkyl halides is 2. The van der Waals surface area contributed by atoms with E-state index in [9.17, 15) is 23.5 Å². The predicted molar refractivity (Wildman–Crippen MR) is 96.2 cm³/mol. The second-order valence-electron chi connectivity index (χ2n) is 5.94. The van der Waals surface area contributed by atoms with Crippen LogP contribution in [0.4, 0.5) is 14.5 Å². The third kappa shape index (κ3) is 4.29. The Morgan fingerprint density at radius 2 is 2.19 bits per heavy atom. The van der Waals surface area contributed by atoms with Gasteiger partial charge in [-0.05, 0) is 30.5 Å². The zero-order chi connectivity index (χ0) is 19.6. The van der Waals surface area contributed by atoms with Gasteiger partial charge < -0.3 is 19.7 Å².